The highest BCUT2D eigenvalue weighted by molar-refractivity contribution is 9.10. The summed E-state index contributed by atoms with van der Waals surface area (Å²) in [6.45, 7) is 2.83. The molecule has 1 aromatic carbocycles. The molecule has 0 aliphatic rings. The summed E-state index contributed by atoms with van der Waals surface area (Å²) < 4.78 is 0.944. The van der Waals surface area contributed by atoms with Crippen molar-refractivity contribution in [1.29, 1.82) is 5.26 Å². The fraction of sp³-hybridized carbons (Fsp3) is 0.316. The molecule has 0 saturated carbocycles. The van der Waals surface area contributed by atoms with Gasteiger partial charge in [-0.3, -0.25) is 4.79 Å². The molecule has 25 heavy (non-hydrogen) atoms. The van der Waals surface area contributed by atoms with Gasteiger partial charge in [0.25, 0.3) is 4.60 Å². The van der Waals surface area contributed by atoms with Gasteiger partial charge in [-0.25, -0.2) is 0 Å². The van der Waals surface area contributed by atoms with Gasteiger partial charge in [0, 0.05) is 34.5 Å². The minimum Gasteiger partial charge on any atom is -0.618 e. The van der Waals surface area contributed by atoms with Gasteiger partial charge in [-0.1, -0.05) is 30.3 Å². The molecular weight excluding hydrogens is 384 g/mol. The highest BCUT2D eigenvalue weighted by Crippen LogP contribution is 2.35. The number of nitrogens with zero attached hydrogens (tertiary/aromatic N) is 2. The number of halogens is 1. The number of pyridine rings is 1. The van der Waals surface area contributed by atoms with Crippen LogP contribution in [-0.2, 0) is 10.2 Å². The van der Waals surface area contributed by atoms with E-state index in [-0.39, 0.29) is 28.9 Å². The van der Waals surface area contributed by atoms with E-state index in [1.54, 1.807) is 42.5 Å². The molecule has 6 heteroatoms. The molecular formula is C19H19BrN2O3. The number of benzene rings is 1. The van der Waals surface area contributed by atoms with Crippen molar-refractivity contribution in [2.75, 3.05) is 0 Å². The number of carbonyl (C=O) groups excluding carboxylic acids is 1. The molecule has 1 atom stereocenters. The van der Waals surface area contributed by atoms with E-state index in [4.69, 9.17) is 0 Å². The van der Waals surface area contributed by atoms with Gasteiger partial charge < -0.3 is 10.3 Å². The molecule has 1 N–H and O–H groups in total. The van der Waals surface area contributed by atoms with Crippen LogP contribution in [0.2, 0.25) is 0 Å². The Morgan fingerprint density at radius 2 is 1.88 bits per heavy atom. The molecule has 0 bridgehead atoms. The second kappa shape index (κ2) is 7.34. The molecule has 0 amide bonds. The lowest BCUT2D eigenvalue weighted by Crippen LogP contribution is -2.44. The molecule has 0 fully saturated rings. The number of carbonyl (C=O) groups is 1. The number of nitriles is 1. The summed E-state index contributed by atoms with van der Waals surface area (Å²) in [4.78, 5) is 12.2. The lowest BCUT2D eigenvalue weighted by molar-refractivity contribution is -0.628. The number of Topliss-reactive ketones (excluding diaryl/α,β-unsaturated/α-hetero) is 1. The second-order valence-corrected chi connectivity index (χ2v) is 7.21. The minimum atomic E-state index is -1.48. The first kappa shape index (κ1) is 19.1. The van der Waals surface area contributed by atoms with Crippen molar-refractivity contribution in [2.24, 2.45) is 0 Å². The van der Waals surface area contributed by atoms with E-state index in [2.05, 4.69) is 22.0 Å². The predicted octanol–water partition coefficient (Wildman–Crippen LogP) is 3.01. The van der Waals surface area contributed by atoms with E-state index in [0.29, 0.717) is 10.3 Å². The monoisotopic (exact) mass is 402 g/mol. The van der Waals surface area contributed by atoms with Crippen LogP contribution in [0.3, 0.4) is 0 Å². The van der Waals surface area contributed by atoms with E-state index in [9.17, 15) is 20.4 Å². The Kier molecular flexibility index (Phi) is 5.61. The zero-order valence-corrected chi connectivity index (χ0v) is 15.7. The summed E-state index contributed by atoms with van der Waals surface area (Å²) in [5.41, 5.74) is -1.92. The van der Waals surface area contributed by atoms with Crippen molar-refractivity contribution in [3.8, 4) is 6.07 Å². The van der Waals surface area contributed by atoms with Gasteiger partial charge in [0.15, 0.2) is 11.2 Å². The second-order valence-electron chi connectivity index (χ2n) is 6.39. The highest BCUT2D eigenvalue weighted by atomic mass is 79.9. The van der Waals surface area contributed by atoms with Crippen molar-refractivity contribution >= 4 is 21.7 Å². The Morgan fingerprint density at radius 1 is 1.24 bits per heavy atom. The third-order valence-corrected chi connectivity index (χ3v) is 4.79. The molecule has 0 aliphatic carbocycles. The van der Waals surface area contributed by atoms with Gasteiger partial charge >= 0.3 is 0 Å². The Labute approximate surface area is 155 Å². The SMILES string of the molecule is CC(C)(O)C(=O)CC[C@@](C#N)(c1ccccc1)c1cccc(Br)[n+]1[O-]. The van der Waals surface area contributed by atoms with Crippen LogP contribution < -0.4 is 4.73 Å². The zero-order valence-electron chi connectivity index (χ0n) is 14.1. The molecule has 0 radical (unpaired) electrons. The molecule has 2 aromatic rings. The minimum absolute atomic E-state index is 0.0293. The van der Waals surface area contributed by atoms with Crippen LogP contribution >= 0.6 is 15.9 Å². The summed E-state index contributed by atoms with van der Waals surface area (Å²) >= 11 is 3.19. The molecule has 0 saturated heterocycles. The van der Waals surface area contributed by atoms with Crippen LogP contribution in [0.15, 0.2) is 53.1 Å². The summed E-state index contributed by atoms with van der Waals surface area (Å²) in [5.74, 6) is -0.379. The fourth-order valence-electron chi connectivity index (χ4n) is 2.71. The summed E-state index contributed by atoms with van der Waals surface area (Å²) in [6, 6.07) is 16.0. The van der Waals surface area contributed by atoms with Crippen molar-refractivity contribution in [2.45, 2.75) is 37.7 Å². The van der Waals surface area contributed by atoms with Gasteiger partial charge in [-0.2, -0.15) is 9.99 Å². The number of hydrogen-bond acceptors (Lipinski definition) is 4. The van der Waals surface area contributed by atoms with Crippen LogP contribution in [0.25, 0.3) is 0 Å². The molecule has 1 aromatic heterocycles. The first-order valence-corrected chi connectivity index (χ1v) is 8.62. The molecule has 0 aliphatic heterocycles. The van der Waals surface area contributed by atoms with Crippen molar-refractivity contribution in [1.82, 2.24) is 0 Å². The topological polar surface area (TPSA) is 88.0 Å². The van der Waals surface area contributed by atoms with Gasteiger partial charge in [-0.15, -0.1) is 0 Å². The normalized spacial score (nSPS) is 13.7. The van der Waals surface area contributed by atoms with Gasteiger partial charge in [0.1, 0.15) is 5.60 Å². The quantitative estimate of drug-likeness (QED) is 0.456. The third kappa shape index (κ3) is 3.89. The maximum atomic E-state index is 12.6. The smallest absolute Gasteiger partial charge is 0.259 e. The van der Waals surface area contributed by atoms with Crippen molar-refractivity contribution < 1.29 is 14.6 Å². The zero-order chi connectivity index (χ0) is 18.7. The number of aromatic nitrogens is 1. The number of ketones is 1. The third-order valence-electron chi connectivity index (χ3n) is 4.20. The number of hydrogen-bond donors (Lipinski definition) is 1. The lowest BCUT2D eigenvalue weighted by Gasteiger charge is -2.27. The lowest BCUT2D eigenvalue weighted by atomic mass is 9.74. The molecule has 0 spiro atoms. The maximum Gasteiger partial charge on any atom is 0.259 e. The van der Waals surface area contributed by atoms with E-state index in [0.717, 1.165) is 0 Å². The average Bonchev–Trinajstić information content (AvgIpc) is 2.59. The Bertz CT molecular complexity index is 810. The largest absolute Gasteiger partial charge is 0.618 e. The highest BCUT2D eigenvalue weighted by Gasteiger charge is 2.42. The maximum absolute atomic E-state index is 12.6. The first-order valence-electron chi connectivity index (χ1n) is 7.83. The predicted molar refractivity (Wildman–Crippen MR) is 96.5 cm³/mol. The fourth-order valence-corrected chi connectivity index (χ4v) is 3.06. The van der Waals surface area contributed by atoms with E-state index >= 15 is 0 Å². The van der Waals surface area contributed by atoms with Crippen LogP contribution in [0.5, 0.6) is 0 Å². The summed E-state index contributed by atoms with van der Waals surface area (Å²) in [5, 5.41) is 32.5. The number of aliphatic hydroxyl groups is 1. The van der Waals surface area contributed by atoms with Gasteiger partial charge in [0.2, 0.25) is 5.69 Å². The van der Waals surface area contributed by atoms with Crippen LogP contribution in [0, 0.1) is 16.5 Å². The van der Waals surface area contributed by atoms with Crippen molar-refractivity contribution in [3.05, 3.63) is 69.6 Å². The van der Waals surface area contributed by atoms with E-state index in [1.165, 1.54) is 13.8 Å². The van der Waals surface area contributed by atoms with Gasteiger partial charge in [-0.05, 0) is 31.9 Å². The summed E-state index contributed by atoms with van der Waals surface area (Å²) in [6.07, 6.45) is 0.0630. The molecule has 0 unspecified atom stereocenters. The van der Waals surface area contributed by atoms with E-state index in [1.807, 2.05) is 6.07 Å². The van der Waals surface area contributed by atoms with E-state index < -0.39 is 11.0 Å². The number of rotatable bonds is 6. The first-order chi connectivity index (χ1) is 11.7. The standard InChI is InChI=1S/C19H19BrN2O3/c1-18(2,24)16(23)11-12-19(13-21,14-7-4-3-5-8-14)15-9-6-10-17(20)22(15)25/h3-10,24H,11-12H2,1-2H3/t19-/m1/s1. The molecule has 1 heterocycles. The molecule has 5 nitrogen and oxygen atoms in total. The molecule has 130 valence electrons. The summed E-state index contributed by atoms with van der Waals surface area (Å²) in [7, 11) is 0. The van der Waals surface area contributed by atoms with Crippen LogP contribution in [0.1, 0.15) is 37.9 Å². The Morgan fingerprint density at radius 3 is 2.44 bits per heavy atom. The Hall–Kier alpha value is -2.23. The molecule has 2 rings (SSSR count). The van der Waals surface area contributed by atoms with Crippen molar-refractivity contribution in [3.63, 3.8) is 0 Å². The van der Waals surface area contributed by atoms with Crippen LogP contribution in [0.4, 0.5) is 0 Å². The Balaban J connectivity index is 2.58. The van der Waals surface area contributed by atoms with Crippen LogP contribution in [-0.4, -0.2) is 16.5 Å². The van der Waals surface area contributed by atoms with Gasteiger partial charge in [0.05, 0.1) is 6.07 Å². The average molecular weight is 403 g/mol.